The Labute approximate surface area is 119 Å². The van der Waals surface area contributed by atoms with Gasteiger partial charge in [0.25, 0.3) is 0 Å². The second-order valence-corrected chi connectivity index (χ2v) is 5.65. The Morgan fingerprint density at radius 2 is 2.05 bits per heavy atom. The second kappa shape index (κ2) is 6.31. The van der Waals surface area contributed by atoms with Crippen LogP contribution >= 0.6 is 0 Å². The number of methoxy groups -OCH3 is 1. The molecule has 0 aromatic heterocycles. The van der Waals surface area contributed by atoms with E-state index in [9.17, 15) is 9.50 Å². The van der Waals surface area contributed by atoms with Crippen LogP contribution in [0.5, 0.6) is 5.75 Å². The van der Waals surface area contributed by atoms with E-state index >= 15 is 0 Å². The molecule has 0 aliphatic heterocycles. The van der Waals surface area contributed by atoms with Crippen LogP contribution in [0.2, 0.25) is 0 Å². The molecule has 0 unspecified atom stereocenters. The van der Waals surface area contributed by atoms with E-state index in [2.05, 4.69) is 5.32 Å². The molecule has 4 nitrogen and oxygen atoms in total. The topological polar surface area (TPSA) is 67.5 Å². The lowest BCUT2D eigenvalue weighted by Crippen LogP contribution is -2.35. The highest BCUT2D eigenvalue weighted by Crippen LogP contribution is 2.37. The van der Waals surface area contributed by atoms with Gasteiger partial charge < -0.3 is 20.9 Å². The van der Waals surface area contributed by atoms with Gasteiger partial charge in [-0.2, -0.15) is 0 Å². The summed E-state index contributed by atoms with van der Waals surface area (Å²) < 4.78 is 18.5. The quantitative estimate of drug-likeness (QED) is 0.726. The Morgan fingerprint density at radius 1 is 1.35 bits per heavy atom. The summed E-state index contributed by atoms with van der Waals surface area (Å²) in [6, 6.07) is 2.83. The van der Waals surface area contributed by atoms with Crippen LogP contribution in [0.3, 0.4) is 0 Å². The van der Waals surface area contributed by atoms with Gasteiger partial charge in [0.05, 0.1) is 25.1 Å². The number of nitrogens with two attached hydrogens (primary N) is 1. The van der Waals surface area contributed by atoms with Gasteiger partial charge in [-0.25, -0.2) is 4.39 Å². The predicted molar refractivity (Wildman–Crippen MR) is 78.5 cm³/mol. The lowest BCUT2D eigenvalue weighted by Gasteiger charge is -2.36. The number of halogens is 1. The molecule has 0 spiro atoms. The molecule has 1 aliphatic rings. The number of rotatable bonds is 5. The Balaban J connectivity index is 2.09. The predicted octanol–water partition coefficient (Wildman–Crippen LogP) is 2.77. The van der Waals surface area contributed by atoms with Gasteiger partial charge in [0.2, 0.25) is 0 Å². The Morgan fingerprint density at radius 3 is 2.65 bits per heavy atom. The van der Waals surface area contributed by atoms with Crippen LogP contribution in [0.25, 0.3) is 0 Å². The maximum Gasteiger partial charge on any atom is 0.167 e. The fourth-order valence-corrected chi connectivity index (χ4v) is 2.85. The molecule has 112 valence electrons. The molecule has 5 heteroatoms. The first-order chi connectivity index (χ1) is 9.60. The number of benzene rings is 1. The van der Waals surface area contributed by atoms with E-state index in [1.165, 1.54) is 19.6 Å². The number of nitrogens with one attached hydrogen (secondary N) is 1. The van der Waals surface area contributed by atoms with E-state index < -0.39 is 5.82 Å². The largest absolute Gasteiger partial charge is 0.494 e. The zero-order valence-corrected chi connectivity index (χ0v) is 11.9. The molecule has 4 N–H and O–H groups in total. The van der Waals surface area contributed by atoms with E-state index in [0.717, 1.165) is 25.7 Å². The van der Waals surface area contributed by atoms with Crippen molar-refractivity contribution in [1.29, 1.82) is 0 Å². The van der Waals surface area contributed by atoms with Crippen molar-refractivity contribution >= 4 is 11.4 Å². The number of hydrogen-bond acceptors (Lipinski definition) is 4. The van der Waals surface area contributed by atoms with Crippen molar-refractivity contribution in [3.05, 3.63) is 17.9 Å². The highest BCUT2D eigenvalue weighted by molar-refractivity contribution is 5.68. The van der Waals surface area contributed by atoms with Crippen LogP contribution in [-0.4, -0.2) is 25.4 Å². The Hall–Kier alpha value is -1.49. The molecule has 0 bridgehead atoms. The minimum atomic E-state index is -0.468. The van der Waals surface area contributed by atoms with Gasteiger partial charge in [0.1, 0.15) is 0 Å². The van der Waals surface area contributed by atoms with Crippen LogP contribution in [-0.2, 0) is 0 Å². The number of nitrogen functional groups attached to an aromatic ring is 1. The first kappa shape index (κ1) is 14.9. The van der Waals surface area contributed by atoms with Gasteiger partial charge in [-0.15, -0.1) is 0 Å². The summed E-state index contributed by atoms with van der Waals surface area (Å²) in [7, 11) is 1.43. The normalized spacial score (nSPS) is 17.8. The van der Waals surface area contributed by atoms with Crippen molar-refractivity contribution in [3.8, 4) is 5.75 Å². The van der Waals surface area contributed by atoms with Gasteiger partial charge in [0, 0.05) is 24.1 Å². The summed E-state index contributed by atoms with van der Waals surface area (Å²) in [6.07, 6.45) is 5.53. The third-order valence-electron chi connectivity index (χ3n) is 4.23. The molecule has 1 aromatic rings. The third-order valence-corrected chi connectivity index (χ3v) is 4.23. The van der Waals surface area contributed by atoms with E-state index in [0.29, 0.717) is 17.9 Å². The Bertz CT molecular complexity index is 459. The number of aliphatic hydroxyl groups is 1. The average molecular weight is 282 g/mol. The highest BCUT2D eigenvalue weighted by atomic mass is 19.1. The van der Waals surface area contributed by atoms with E-state index in [1.807, 2.05) is 0 Å². The monoisotopic (exact) mass is 282 g/mol. The molecule has 0 saturated heterocycles. The molecule has 1 saturated carbocycles. The van der Waals surface area contributed by atoms with Gasteiger partial charge >= 0.3 is 0 Å². The van der Waals surface area contributed by atoms with E-state index in [1.54, 1.807) is 6.07 Å². The first-order valence-corrected chi connectivity index (χ1v) is 7.08. The van der Waals surface area contributed by atoms with E-state index in [-0.39, 0.29) is 17.8 Å². The molecular formula is C15H23FN2O2. The first-order valence-electron chi connectivity index (χ1n) is 7.08. The highest BCUT2D eigenvalue weighted by Gasteiger charge is 2.31. The van der Waals surface area contributed by atoms with Gasteiger partial charge in [-0.1, -0.05) is 19.3 Å². The van der Waals surface area contributed by atoms with Gasteiger partial charge in [-0.05, 0) is 12.8 Å². The van der Waals surface area contributed by atoms with Crippen molar-refractivity contribution in [2.24, 2.45) is 5.41 Å². The maximum absolute atomic E-state index is 13.5. The molecule has 2 rings (SSSR count). The lowest BCUT2D eigenvalue weighted by molar-refractivity contribution is 0.0944. The van der Waals surface area contributed by atoms with Crippen LogP contribution < -0.4 is 15.8 Å². The molecule has 20 heavy (non-hydrogen) atoms. The second-order valence-electron chi connectivity index (χ2n) is 5.65. The third kappa shape index (κ3) is 3.15. The van der Waals surface area contributed by atoms with Crippen molar-refractivity contribution in [3.63, 3.8) is 0 Å². The molecule has 0 radical (unpaired) electrons. The van der Waals surface area contributed by atoms with Crippen LogP contribution in [0.4, 0.5) is 15.8 Å². The van der Waals surface area contributed by atoms with Gasteiger partial charge in [0.15, 0.2) is 11.6 Å². The van der Waals surface area contributed by atoms with Crippen molar-refractivity contribution in [1.82, 2.24) is 0 Å². The van der Waals surface area contributed by atoms with Crippen LogP contribution in [0.15, 0.2) is 12.1 Å². The maximum atomic E-state index is 13.5. The summed E-state index contributed by atoms with van der Waals surface area (Å²) in [4.78, 5) is 0. The summed E-state index contributed by atoms with van der Waals surface area (Å²) in [5.74, 6) is -0.298. The zero-order valence-electron chi connectivity index (χ0n) is 11.9. The molecule has 1 fully saturated rings. The smallest absolute Gasteiger partial charge is 0.167 e. The van der Waals surface area contributed by atoms with Crippen LogP contribution in [0, 0.1) is 11.2 Å². The molecule has 1 aliphatic carbocycles. The SMILES string of the molecule is COc1cc(NCC2(CO)CCCCC2)c(N)cc1F. The number of anilines is 2. The molecule has 1 aromatic carbocycles. The molecule has 0 atom stereocenters. The molecular weight excluding hydrogens is 259 g/mol. The summed E-state index contributed by atoms with van der Waals surface area (Å²) in [5.41, 5.74) is 6.74. The minimum absolute atomic E-state index is 0.0910. The lowest BCUT2D eigenvalue weighted by atomic mass is 9.74. The number of ether oxygens (including phenoxy) is 1. The van der Waals surface area contributed by atoms with Crippen LogP contribution in [0.1, 0.15) is 32.1 Å². The van der Waals surface area contributed by atoms with Crippen molar-refractivity contribution < 1.29 is 14.2 Å². The molecule has 0 amide bonds. The van der Waals surface area contributed by atoms with E-state index in [4.69, 9.17) is 10.5 Å². The standard InChI is InChI=1S/C15H23FN2O2/c1-20-14-8-13(12(17)7-11(14)16)18-9-15(10-19)5-3-2-4-6-15/h7-8,18-19H,2-6,9-10,17H2,1H3. The fraction of sp³-hybridized carbons (Fsp3) is 0.600. The van der Waals surface area contributed by atoms with Gasteiger partial charge in [-0.3, -0.25) is 0 Å². The molecule has 0 heterocycles. The number of aliphatic hydroxyl groups excluding tert-OH is 1. The summed E-state index contributed by atoms with van der Waals surface area (Å²) in [5, 5.41) is 12.9. The summed E-state index contributed by atoms with van der Waals surface area (Å²) in [6.45, 7) is 0.806. The fourth-order valence-electron chi connectivity index (χ4n) is 2.85. The Kier molecular flexibility index (Phi) is 4.70. The summed E-state index contributed by atoms with van der Waals surface area (Å²) >= 11 is 0. The van der Waals surface area contributed by atoms with Crippen molar-refractivity contribution in [2.45, 2.75) is 32.1 Å². The average Bonchev–Trinajstić information content (AvgIpc) is 2.47. The minimum Gasteiger partial charge on any atom is -0.494 e. The number of hydrogen-bond donors (Lipinski definition) is 3. The zero-order chi connectivity index (χ0) is 14.6. The van der Waals surface area contributed by atoms with Crippen molar-refractivity contribution in [2.75, 3.05) is 31.3 Å².